The van der Waals surface area contributed by atoms with Crippen molar-refractivity contribution in [2.45, 2.75) is 37.9 Å². The fourth-order valence-corrected chi connectivity index (χ4v) is 4.78. The first-order valence-electron chi connectivity index (χ1n) is 13.4. The third-order valence-corrected chi connectivity index (χ3v) is 6.65. The van der Waals surface area contributed by atoms with Crippen LogP contribution in [0.4, 0.5) is 11.6 Å². The van der Waals surface area contributed by atoms with Crippen LogP contribution >= 0.6 is 0 Å². The maximum atomic E-state index is 11.0. The number of aliphatic carboxylic acids is 1. The Hall–Kier alpha value is -4.86. The zero-order chi connectivity index (χ0) is 28.6. The first-order chi connectivity index (χ1) is 20.0. The Balaban J connectivity index is 1.57. The van der Waals surface area contributed by atoms with Crippen LogP contribution < -0.4 is 5.32 Å². The van der Waals surface area contributed by atoms with Crippen molar-refractivity contribution >= 4 is 17.6 Å². The van der Waals surface area contributed by atoms with Crippen molar-refractivity contribution < 1.29 is 20.1 Å². The van der Waals surface area contributed by atoms with Gasteiger partial charge < -0.3 is 20.6 Å². The summed E-state index contributed by atoms with van der Waals surface area (Å²) in [5.74, 6) is -0.110. The van der Waals surface area contributed by atoms with E-state index in [1.807, 2.05) is 91.0 Å². The molecule has 0 saturated carbocycles. The fraction of sp³-hybridized carbons (Fsp3) is 0.188. The van der Waals surface area contributed by atoms with Crippen molar-refractivity contribution in [1.29, 1.82) is 0 Å². The van der Waals surface area contributed by atoms with Gasteiger partial charge in [0.15, 0.2) is 5.82 Å². The van der Waals surface area contributed by atoms with Crippen molar-refractivity contribution in [3.8, 4) is 28.3 Å². The van der Waals surface area contributed by atoms with E-state index in [1.54, 1.807) is 16.9 Å². The fourth-order valence-electron chi connectivity index (χ4n) is 4.78. The van der Waals surface area contributed by atoms with Gasteiger partial charge in [-0.25, -0.2) is 9.67 Å². The molecule has 0 radical (unpaired) electrons. The first kappa shape index (κ1) is 27.7. The molecule has 0 bridgehead atoms. The normalized spacial score (nSPS) is 12.5. The third-order valence-electron chi connectivity index (χ3n) is 6.65. The summed E-state index contributed by atoms with van der Waals surface area (Å²) in [4.78, 5) is 20.1. The van der Waals surface area contributed by atoms with Crippen LogP contribution in [0, 0.1) is 0 Å². The van der Waals surface area contributed by atoms with E-state index in [1.165, 1.54) is 0 Å². The van der Waals surface area contributed by atoms with E-state index in [0.717, 1.165) is 33.8 Å². The largest absolute Gasteiger partial charge is 0.481 e. The topological polar surface area (TPSA) is 133 Å². The lowest BCUT2D eigenvalue weighted by Gasteiger charge is -2.15. The number of aliphatic hydroxyl groups excluding tert-OH is 2. The van der Waals surface area contributed by atoms with Crippen LogP contribution in [0.2, 0.25) is 0 Å². The average Bonchev–Trinajstić information content (AvgIpc) is 3.37. The first-order valence-corrected chi connectivity index (χ1v) is 13.4. The number of hydrogen-bond acceptors (Lipinski definition) is 7. The number of nitrogens with zero attached hydrogens (tertiary/aromatic N) is 4. The molecule has 5 aromatic rings. The van der Waals surface area contributed by atoms with E-state index >= 15 is 0 Å². The van der Waals surface area contributed by atoms with Gasteiger partial charge in [-0.15, -0.1) is 0 Å². The zero-order valence-electron chi connectivity index (χ0n) is 22.3. The number of para-hydroxylation sites is 1. The molecule has 208 valence electrons. The van der Waals surface area contributed by atoms with Gasteiger partial charge in [-0.1, -0.05) is 78.9 Å². The van der Waals surface area contributed by atoms with Gasteiger partial charge in [0.25, 0.3) is 0 Å². The molecule has 0 aliphatic rings. The Morgan fingerprint density at radius 2 is 1.46 bits per heavy atom. The van der Waals surface area contributed by atoms with Gasteiger partial charge in [-0.05, 0) is 31.4 Å². The molecule has 2 atom stereocenters. The van der Waals surface area contributed by atoms with Crippen LogP contribution in [-0.2, 0) is 11.2 Å². The van der Waals surface area contributed by atoms with Gasteiger partial charge in [0.2, 0.25) is 5.95 Å². The highest BCUT2D eigenvalue weighted by molar-refractivity contribution is 5.76. The van der Waals surface area contributed by atoms with Crippen molar-refractivity contribution in [3.63, 3.8) is 0 Å². The van der Waals surface area contributed by atoms with Crippen molar-refractivity contribution in [2.75, 3.05) is 5.32 Å². The number of carbonyl (C=O) groups is 1. The monoisotopic (exact) mass is 549 g/mol. The Kier molecular flexibility index (Phi) is 8.78. The highest BCUT2D eigenvalue weighted by Gasteiger charge is 2.24. The molecule has 0 amide bonds. The third kappa shape index (κ3) is 7.02. The minimum atomic E-state index is -1.12. The van der Waals surface area contributed by atoms with E-state index in [4.69, 9.17) is 15.2 Å². The molecule has 5 rings (SSSR count). The van der Waals surface area contributed by atoms with Crippen LogP contribution in [0.1, 0.15) is 24.8 Å². The second-order valence-electron chi connectivity index (χ2n) is 9.73. The molecule has 0 spiro atoms. The number of hydrogen-bond donors (Lipinski definition) is 4. The molecule has 0 fully saturated rings. The van der Waals surface area contributed by atoms with Gasteiger partial charge >= 0.3 is 5.97 Å². The molecule has 3 aromatic carbocycles. The Morgan fingerprint density at radius 3 is 2.12 bits per heavy atom. The summed E-state index contributed by atoms with van der Waals surface area (Å²) < 4.78 is 1.80. The molecule has 2 unspecified atom stereocenters. The van der Waals surface area contributed by atoms with Crippen LogP contribution in [0.15, 0.2) is 103 Å². The molecule has 41 heavy (non-hydrogen) atoms. The Morgan fingerprint density at radius 1 is 0.829 bits per heavy atom. The van der Waals surface area contributed by atoms with Crippen LogP contribution in [0.5, 0.6) is 0 Å². The average molecular weight is 550 g/mol. The molecule has 2 aromatic heterocycles. The van der Waals surface area contributed by atoms with Gasteiger partial charge in [0.1, 0.15) is 0 Å². The van der Waals surface area contributed by atoms with E-state index in [-0.39, 0.29) is 6.42 Å². The molecule has 4 N–H and O–H groups in total. The predicted octanol–water partition coefficient (Wildman–Crippen LogP) is 5.26. The Labute approximate surface area is 237 Å². The SMILES string of the molecule is O=C(O)CC(O)CC(O)CCc1c(-c2ccccc2)nn(-c2ccnc(Nc3ccccc3)n2)c1-c1ccccc1. The van der Waals surface area contributed by atoms with E-state index in [9.17, 15) is 15.0 Å². The van der Waals surface area contributed by atoms with Crippen molar-refractivity contribution in [3.05, 3.63) is 109 Å². The maximum absolute atomic E-state index is 11.0. The second kappa shape index (κ2) is 13.0. The standard InChI is InChI=1S/C32H31N5O4/c38-25(20-26(39)21-29(40)41)16-17-27-30(22-10-4-1-5-11-22)36-37(31(27)23-12-6-2-7-13-23)28-18-19-33-32(35-28)34-24-14-8-3-9-15-24/h1-15,18-19,25-26,38-39H,16-17,20-21H2,(H,40,41)(H,33,34,35). The lowest BCUT2D eigenvalue weighted by Crippen LogP contribution is -2.21. The maximum Gasteiger partial charge on any atom is 0.305 e. The van der Waals surface area contributed by atoms with Crippen LogP contribution in [-0.4, -0.2) is 53.2 Å². The molecular formula is C32H31N5O4. The second-order valence-corrected chi connectivity index (χ2v) is 9.73. The van der Waals surface area contributed by atoms with Gasteiger partial charge in [0.05, 0.1) is 30.0 Å². The molecule has 0 saturated heterocycles. The summed E-state index contributed by atoms with van der Waals surface area (Å²) in [5.41, 5.74) is 5.18. The van der Waals surface area contributed by atoms with Crippen molar-refractivity contribution in [1.82, 2.24) is 19.7 Å². The highest BCUT2D eigenvalue weighted by atomic mass is 16.4. The number of nitrogens with one attached hydrogen (secondary N) is 1. The molecule has 9 nitrogen and oxygen atoms in total. The smallest absolute Gasteiger partial charge is 0.305 e. The van der Waals surface area contributed by atoms with E-state index < -0.39 is 24.6 Å². The van der Waals surface area contributed by atoms with Gasteiger partial charge in [0, 0.05) is 34.6 Å². The highest BCUT2D eigenvalue weighted by Crippen LogP contribution is 2.35. The molecule has 9 heteroatoms. The number of carboxylic acids is 1. The number of aromatic nitrogens is 4. The number of carboxylic acid groups (broad SMARTS) is 1. The summed E-state index contributed by atoms with van der Waals surface area (Å²) in [6.45, 7) is 0. The lowest BCUT2D eigenvalue weighted by molar-refractivity contribution is -0.139. The zero-order valence-corrected chi connectivity index (χ0v) is 22.3. The molecule has 0 aliphatic carbocycles. The lowest BCUT2D eigenvalue weighted by atomic mass is 9.95. The van der Waals surface area contributed by atoms with Gasteiger partial charge in [-0.3, -0.25) is 4.79 Å². The summed E-state index contributed by atoms with van der Waals surface area (Å²) >= 11 is 0. The quantitative estimate of drug-likeness (QED) is 0.166. The van der Waals surface area contributed by atoms with Crippen molar-refractivity contribution in [2.24, 2.45) is 0 Å². The summed E-state index contributed by atoms with van der Waals surface area (Å²) in [6.07, 6.45) is -0.0130. The number of anilines is 2. The van der Waals surface area contributed by atoms with E-state index in [0.29, 0.717) is 24.6 Å². The number of benzene rings is 3. The number of rotatable bonds is 12. The summed E-state index contributed by atoms with van der Waals surface area (Å²) in [6, 6.07) is 31.1. The van der Waals surface area contributed by atoms with Gasteiger partial charge in [-0.2, -0.15) is 10.1 Å². The molecule has 2 heterocycles. The summed E-state index contributed by atoms with van der Waals surface area (Å²) in [5, 5.41) is 38.0. The Bertz CT molecular complexity index is 1580. The predicted molar refractivity (Wildman–Crippen MR) is 157 cm³/mol. The van der Waals surface area contributed by atoms with Crippen LogP contribution in [0.3, 0.4) is 0 Å². The van der Waals surface area contributed by atoms with Crippen LogP contribution in [0.25, 0.3) is 28.3 Å². The molecule has 0 aliphatic heterocycles. The summed E-state index contributed by atoms with van der Waals surface area (Å²) in [7, 11) is 0. The van der Waals surface area contributed by atoms with E-state index in [2.05, 4.69) is 10.3 Å². The number of aliphatic hydroxyl groups is 2. The minimum absolute atomic E-state index is 0.0256. The minimum Gasteiger partial charge on any atom is -0.481 e. The molecular weight excluding hydrogens is 518 g/mol.